The van der Waals surface area contributed by atoms with Crippen LogP contribution in [-0.2, 0) is 6.54 Å². The Labute approximate surface area is 162 Å². The zero-order valence-corrected chi connectivity index (χ0v) is 16.1. The number of benzene rings is 2. The number of hydrogen-bond donors (Lipinski definition) is 0. The number of nitrogens with zero attached hydrogens (tertiary/aromatic N) is 3. The maximum absolute atomic E-state index is 11.1. The van der Waals surface area contributed by atoms with Gasteiger partial charge in [-0.2, -0.15) is 0 Å². The molecule has 6 heteroatoms. The van der Waals surface area contributed by atoms with E-state index in [1.54, 1.807) is 18.2 Å². The zero-order chi connectivity index (χ0) is 19.4. The first-order valence-electron chi connectivity index (χ1n) is 8.69. The maximum atomic E-state index is 11.1. The molecular weight excluding hydrogens is 358 g/mol. The lowest BCUT2D eigenvalue weighted by atomic mass is 10.0. The van der Waals surface area contributed by atoms with Gasteiger partial charge in [0.25, 0.3) is 5.69 Å². The van der Waals surface area contributed by atoms with Crippen molar-refractivity contribution < 1.29 is 4.92 Å². The van der Waals surface area contributed by atoms with Crippen LogP contribution in [0.5, 0.6) is 0 Å². The van der Waals surface area contributed by atoms with Crippen molar-refractivity contribution in [1.29, 1.82) is 0 Å². The molecule has 0 saturated heterocycles. The van der Waals surface area contributed by atoms with Gasteiger partial charge in [-0.15, -0.1) is 17.9 Å². The number of allylic oxidation sites excluding steroid dienone is 1. The van der Waals surface area contributed by atoms with Crippen LogP contribution in [0, 0.1) is 10.1 Å². The number of para-hydroxylation sites is 1. The molecule has 0 radical (unpaired) electrons. The molecular formula is C21H21N3O2S. The van der Waals surface area contributed by atoms with Crippen molar-refractivity contribution in [2.45, 2.75) is 26.3 Å². The third-order valence-corrected chi connectivity index (χ3v) is 5.10. The highest BCUT2D eigenvalue weighted by Crippen LogP contribution is 2.27. The topological polar surface area (TPSA) is 60.4 Å². The van der Waals surface area contributed by atoms with E-state index in [-0.39, 0.29) is 10.6 Å². The summed E-state index contributed by atoms with van der Waals surface area (Å²) in [5.74, 6) is 0.369. The van der Waals surface area contributed by atoms with E-state index >= 15 is 0 Å². The lowest BCUT2D eigenvalue weighted by molar-refractivity contribution is -0.384. The summed E-state index contributed by atoms with van der Waals surface area (Å²) in [6.07, 6.45) is 1.81. The Morgan fingerprint density at radius 2 is 2.04 bits per heavy atom. The van der Waals surface area contributed by atoms with Gasteiger partial charge in [-0.1, -0.05) is 50.3 Å². The minimum Gasteiger partial charge on any atom is -0.313 e. The van der Waals surface area contributed by atoms with Crippen LogP contribution in [0.25, 0.3) is 11.3 Å². The first kappa shape index (κ1) is 18.8. The van der Waals surface area contributed by atoms with Crippen molar-refractivity contribution in [3.63, 3.8) is 0 Å². The van der Waals surface area contributed by atoms with Gasteiger partial charge in [0.2, 0.25) is 0 Å². The summed E-state index contributed by atoms with van der Waals surface area (Å²) >= 11 is 1.52. The summed E-state index contributed by atoms with van der Waals surface area (Å²) in [4.78, 5) is 16.5. The predicted octanol–water partition coefficient (Wildman–Crippen LogP) is 5.67. The fraction of sp³-hybridized carbons (Fsp3) is 0.190. The number of non-ortho nitro benzene ring substituents is 1. The Bertz CT molecular complexity index is 1050. The number of nitro groups is 1. The molecule has 0 aliphatic rings. The molecule has 0 spiro atoms. The minimum atomic E-state index is -0.377. The Hall–Kier alpha value is -2.99. The van der Waals surface area contributed by atoms with Gasteiger partial charge in [-0.3, -0.25) is 10.1 Å². The molecule has 0 amide bonds. The number of aromatic nitrogens is 1. The van der Waals surface area contributed by atoms with Gasteiger partial charge >= 0.3 is 0 Å². The van der Waals surface area contributed by atoms with Gasteiger partial charge < -0.3 is 4.57 Å². The number of hydrogen-bond acceptors (Lipinski definition) is 4. The van der Waals surface area contributed by atoms with Gasteiger partial charge in [-0.25, -0.2) is 4.99 Å². The molecule has 0 aliphatic heterocycles. The summed E-state index contributed by atoms with van der Waals surface area (Å²) in [5, 5.41) is 13.1. The molecule has 3 rings (SSSR count). The molecule has 138 valence electrons. The second kappa shape index (κ2) is 8.14. The van der Waals surface area contributed by atoms with Crippen LogP contribution in [-0.4, -0.2) is 9.49 Å². The molecule has 27 heavy (non-hydrogen) atoms. The molecule has 2 aromatic carbocycles. The van der Waals surface area contributed by atoms with Crippen molar-refractivity contribution in [3.05, 3.63) is 87.0 Å². The second-order valence-electron chi connectivity index (χ2n) is 6.44. The van der Waals surface area contributed by atoms with Crippen LogP contribution in [0.4, 0.5) is 11.4 Å². The van der Waals surface area contributed by atoms with E-state index in [2.05, 4.69) is 26.5 Å². The van der Waals surface area contributed by atoms with E-state index < -0.39 is 0 Å². The van der Waals surface area contributed by atoms with Crippen LogP contribution >= 0.6 is 11.3 Å². The van der Waals surface area contributed by atoms with Gasteiger partial charge in [0.1, 0.15) is 0 Å². The largest absolute Gasteiger partial charge is 0.313 e. The highest BCUT2D eigenvalue weighted by molar-refractivity contribution is 7.07. The van der Waals surface area contributed by atoms with Crippen LogP contribution in [0.1, 0.15) is 25.3 Å². The Balaban J connectivity index is 2.16. The quantitative estimate of drug-likeness (QED) is 0.315. The third kappa shape index (κ3) is 4.06. The molecule has 0 aliphatic carbocycles. The van der Waals surface area contributed by atoms with Crippen molar-refractivity contribution in [1.82, 2.24) is 4.57 Å². The smallest absolute Gasteiger partial charge is 0.270 e. The molecule has 0 atom stereocenters. The summed E-state index contributed by atoms with van der Waals surface area (Å²) in [7, 11) is 0. The highest BCUT2D eigenvalue weighted by atomic mass is 32.1. The van der Waals surface area contributed by atoms with Gasteiger partial charge in [-0.05, 0) is 17.5 Å². The SMILES string of the molecule is C=CCn1c(-c2cccc([N+](=O)[O-])c2)csc1=Nc1ccccc1C(C)C. The summed E-state index contributed by atoms with van der Waals surface area (Å²) in [6.45, 7) is 8.71. The predicted molar refractivity (Wildman–Crippen MR) is 110 cm³/mol. The summed E-state index contributed by atoms with van der Waals surface area (Å²) < 4.78 is 2.04. The fourth-order valence-electron chi connectivity index (χ4n) is 2.91. The standard InChI is InChI=1S/C21H21N3O2S/c1-4-12-23-20(16-8-7-9-17(13-16)24(25)26)14-27-21(23)22-19-11-6-5-10-18(19)15(2)3/h4-11,13-15H,1,12H2,2-3H3. The van der Waals surface area contributed by atoms with Crippen LogP contribution in [0.2, 0.25) is 0 Å². The van der Waals surface area contributed by atoms with E-state index in [4.69, 9.17) is 4.99 Å². The van der Waals surface area contributed by atoms with Crippen LogP contribution < -0.4 is 4.80 Å². The Morgan fingerprint density at radius 1 is 1.26 bits per heavy atom. The van der Waals surface area contributed by atoms with E-state index in [1.165, 1.54) is 23.0 Å². The van der Waals surface area contributed by atoms with Crippen molar-refractivity contribution in [2.75, 3.05) is 0 Å². The Morgan fingerprint density at radius 3 is 2.74 bits per heavy atom. The second-order valence-corrected chi connectivity index (χ2v) is 7.27. The van der Waals surface area contributed by atoms with Crippen LogP contribution in [0.15, 0.2) is 71.6 Å². The average Bonchev–Trinajstić information content (AvgIpc) is 3.05. The molecule has 0 bridgehead atoms. The number of rotatable bonds is 6. The van der Waals surface area contributed by atoms with Crippen molar-refractivity contribution in [2.24, 2.45) is 4.99 Å². The molecule has 0 saturated carbocycles. The number of nitro benzene ring substituents is 1. The molecule has 1 aromatic heterocycles. The van der Waals surface area contributed by atoms with E-state index in [0.717, 1.165) is 21.7 Å². The first-order valence-corrected chi connectivity index (χ1v) is 9.57. The minimum absolute atomic E-state index is 0.0764. The fourth-order valence-corrected chi connectivity index (χ4v) is 3.85. The van der Waals surface area contributed by atoms with Gasteiger partial charge in [0.05, 0.1) is 16.3 Å². The average molecular weight is 379 g/mol. The lowest BCUT2D eigenvalue weighted by Gasteiger charge is -2.09. The highest BCUT2D eigenvalue weighted by Gasteiger charge is 2.12. The van der Waals surface area contributed by atoms with Gasteiger partial charge in [0, 0.05) is 29.6 Å². The molecule has 3 aromatic rings. The Kier molecular flexibility index (Phi) is 5.66. The van der Waals surface area contributed by atoms with Crippen LogP contribution in [0.3, 0.4) is 0 Å². The molecule has 0 N–H and O–H groups in total. The molecule has 1 heterocycles. The zero-order valence-electron chi connectivity index (χ0n) is 15.3. The molecule has 0 fully saturated rings. The van der Waals surface area contributed by atoms with E-state index in [9.17, 15) is 10.1 Å². The summed E-state index contributed by atoms with van der Waals surface area (Å²) in [5.41, 5.74) is 3.89. The number of thiazole rings is 1. The maximum Gasteiger partial charge on any atom is 0.270 e. The van der Waals surface area contributed by atoms with E-state index in [1.807, 2.05) is 34.2 Å². The third-order valence-electron chi connectivity index (χ3n) is 4.24. The molecule has 0 unspecified atom stereocenters. The first-order chi connectivity index (χ1) is 13.0. The summed E-state index contributed by atoms with van der Waals surface area (Å²) in [6, 6.07) is 14.8. The van der Waals surface area contributed by atoms with Crippen molar-refractivity contribution in [3.8, 4) is 11.3 Å². The van der Waals surface area contributed by atoms with Gasteiger partial charge in [0.15, 0.2) is 4.80 Å². The van der Waals surface area contributed by atoms with E-state index in [0.29, 0.717) is 12.5 Å². The normalized spacial score (nSPS) is 11.7. The molecule has 5 nitrogen and oxygen atoms in total. The monoisotopic (exact) mass is 379 g/mol. The lowest BCUT2D eigenvalue weighted by Crippen LogP contribution is -2.15. The van der Waals surface area contributed by atoms with Crippen molar-refractivity contribution >= 4 is 22.7 Å².